The fourth-order valence-corrected chi connectivity index (χ4v) is 1.81. The molecule has 0 spiro atoms. The van der Waals surface area contributed by atoms with E-state index in [9.17, 15) is 14.7 Å². The Morgan fingerprint density at radius 3 is 2.94 bits per heavy atom. The maximum atomic E-state index is 10.8. The number of carbonyl (C=O) groups excluding carboxylic acids is 2. The standard InChI is InChI=1S/C12H17NO3/c14-10-5-3-1-2-4-8-13-9-6-7-11(13)12(15)16/h2,4,8,10-11H,1,3,5-7,9H2/b4-2+,13-8?/t11-/m0/s1. The Balaban J connectivity index is 2.37. The van der Waals surface area contributed by atoms with Crippen molar-refractivity contribution in [2.45, 2.75) is 38.1 Å². The first-order valence-corrected chi connectivity index (χ1v) is 5.66. The van der Waals surface area contributed by atoms with Crippen LogP contribution in [0.15, 0.2) is 12.2 Å². The van der Waals surface area contributed by atoms with Crippen molar-refractivity contribution in [1.82, 2.24) is 0 Å². The number of carboxylic acids is 1. The number of unbranched alkanes of at least 4 members (excludes halogenated alkanes) is 2. The zero-order valence-corrected chi connectivity index (χ0v) is 9.30. The van der Waals surface area contributed by atoms with Gasteiger partial charge < -0.3 is 14.7 Å². The maximum Gasteiger partial charge on any atom is 0.192 e. The molecule has 0 aromatic carbocycles. The summed E-state index contributed by atoms with van der Waals surface area (Å²) in [5, 5.41) is 10.8. The van der Waals surface area contributed by atoms with Gasteiger partial charge in [0.25, 0.3) is 0 Å². The van der Waals surface area contributed by atoms with Gasteiger partial charge in [0.2, 0.25) is 0 Å². The normalized spacial score (nSPS) is 23.0. The van der Waals surface area contributed by atoms with Gasteiger partial charge >= 0.3 is 0 Å². The van der Waals surface area contributed by atoms with Crippen molar-refractivity contribution >= 4 is 18.5 Å². The van der Waals surface area contributed by atoms with E-state index in [2.05, 4.69) is 0 Å². The van der Waals surface area contributed by atoms with E-state index in [4.69, 9.17) is 0 Å². The highest BCUT2D eigenvalue weighted by Gasteiger charge is 2.27. The number of nitrogens with zero attached hydrogens (tertiary/aromatic N) is 1. The van der Waals surface area contributed by atoms with Crippen LogP contribution in [-0.2, 0) is 9.59 Å². The van der Waals surface area contributed by atoms with Gasteiger partial charge in [-0.2, -0.15) is 0 Å². The van der Waals surface area contributed by atoms with Crippen LogP contribution in [0.2, 0.25) is 0 Å². The first-order chi connectivity index (χ1) is 7.75. The van der Waals surface area contributed by atoms with Crippen LogP contribution in [0.3, 0.4) is 0 Å². The summed E-state index contributed by atoms with van der Waals surface area (Å²) < 4.78 is 1.80. The maximum absolute atomic E-state index is 10.8. The van der Waals surface area contributed by atoms with E-state index in [0.29, 0.717) is 12.8 Å². The van der Waals surface area contributed by atoms with Gasteiger partial charge in [-0.25, -0.2) is 4.58 Å². The third kappa shape index (κ3) is 3.96. The van der Waals surface area contributed by atoms with Gasteiger partial charge in [-0.05, 0) is 18.9 Å². The van der Waals surface area contributed by atoms with Gasteiger partial charge in [0.1, 0.15) is 18.8 Å². The molecule has 16 heavy (non-hydrogen) atoms. The second-order valence-corrected chi connectivity index (χ2v) is 3.89. The van der Waals surface area contributed by atoms with E-state index >= 15 is 0 Å². The van der Waals surface area contributed by atoms with Crippen molar-refractivity contribution in [3.63, 3.8) is 0 Å². The number of aldehydes is 1. The van der Waals surface area contributed by atoms with Crippen molar-refractivity contribution < 1.29 is 19.3 Å². The lowest BCUT2D eigenvalue weighted by Gasteiger charge is -2.06. The number of hydrogen-bond acceptors (Lipinski definition) is 3. The lowest BCUT2D eigenvalue weighted by Crippen LogP contribution is -2.40. The first-order valence-electron chi connectivity index (χ1n) is 5.66. The summed E-state index contributed by atoms with van der Waals surface area (Å²) in [6.07, 6.45) is 10.3. The highest BCUT2D eigenvalue weighted by molar-refractivity contribution is 5.72. The molecule has 0 saturated carbocycles. The molecule has 88 valence electrons. The Bertz CT molecular complexity index is 307. The number of carbonyl (C=O) groups is 2. The molecule has 1 aliphatic rings. The highest BCUT2D eigenvalue weighted by atomic mass is 16.4. The molecule has 4 nitrogen and oxygen atoms in total. The minimum atomic E-state index is -0.997. The minimum Gasteiger partial charge on any atom is -0.543 e. The SMILES string of the molecule is O=CCCC/C=C/C=[N+]1CCC[C@H]1C(=O)[O-]. The summed E-state index contributed by atoms with van der Waals surface area (Å²) in [4.78, 5) is 20.8. The second kappa shape index (κ2) is 6.93. The largest absolute Gasteiger partial charge is 0.543 e. The predicted molar refractivity (Wildman–Crippen MR) is 58.3 cm³/mol. The van der Waals surface area contributed by atoms with E-state index < -0.39 is 12.0 Å². The topological polar surface area (TPSA) is 60.2 Å². The molecule has 0 bridgehead atoms. The molecule has 4 heteroatoms. The fraction of sp³-hybridized carbons (Fsp3) is 0.583. The lowest BCUT2D eigenvalue weighted by molar-refractivity contribution is -0.538. The van der Waals surface area contributed by atoms with E-state index in [1.165, 1.54) is 0 Å². The minimum absolute atomic E-state index is 0.473. The molecule has 0 aromatic heterocycles. The molecular weight excluding hydrogens is 206 g/mol. The third-order valence-corrected chi connectivity index (χ3v) is 2.67. The summed E-state index contributed by atoms with van der Waals surface area (Å²) in [5.41, 5.74) is 0. The number of aliphatic carboxylic acids is 1. The quantitative estimate of drug-likeness (QED) is 0.359. The van der Waals surface area contributed by atoms with Gasteiger partial charge in [-0.15, -0.1) is 0 Å². The van der Waals surface area contributed by atoms with Crippen molar-refractivity contribution in [2.24, 2.45) is 0 Å². The fourth-order valence-electron chi connectivity index (χ4n) is 1.81. The molecule has 1 heterocycles. The van der Waals surface area contributed by atoms with E-state index in [-0.39, 0.29) is 0 Å². The van der Waals surface area contributed by atoms with Crippen molar-refractivity contribution in [1.29, 1.82) is 0 Å². The highest BCUT2D eigenvalue weighted by Crippen LogP contribution is 2.10. The summed E-state index contributed by atoms with van der Waals surface area (Å²) in [5.74, 6) is -0.997. The summed E-state index contributed by atoms with van der Waals surface area (Å²) in [6, 6.07) is -0.473. The molecule has 1 aliphatic heterocycles. The zero-order chi connectivity index (χ0) is 11.8. The monoisotopic (exact) mass is 223 g/mol. The molecule has 1 fully saturated rings. The van der Waals surface area contributed by atoms with Crippen LogP contribution >= 0.6 is 0 Å². The Morgan fingerprint density at radius 1 is 1.44 bits per heavy atom. The average Bonchev–Trinajstić information content (AvgIpc) is 2.71. The molecule has 0 radical (unpaired) electrons. The number of hydrogen-bond donors (Lipinski definition) is 0. The molecule has 0 N–H and O–H groups in total. The summed E-state index contributed by atoms with van der Waals surface area (Å²) in [7, 11) is 0. The lowest BCUT2D eigenvalue weighted by atomic mass is 10.2. The average molecular weight is 223 g/mol. The van der Waals surface area contributed by atoms with Gasteiger partial charge in [0.05, 0.1) is 0 Å². The molecular formula is C12H17NO3. The molecule has 0 amide bonds. The van der Waals surface area contributed by atoms with Crippen molar-refractivity contribution in [3.8, 4) is 0 Å². The summed E-state index contributed by atoms with van der Waals surface area (Å²) >= 11 is 0. The number of carboxylic acid groups (broad SMARTS) is 1. The molecule has 1 atom stereocenters. The van der Waals surface area contributed by atoms with Crippen LogP contribution in [0.25, 0.3) is 0 Å². The van der Waals surface area contributed by atoms with Crippen LogP contribution in [0.1, 0.15) is 32.1 Å². The predicted octanol–water partition coefficient (Wildman–Crippen LogP) is -0.0926. The van der Waals surface area contributed by atoms with E-state index in [1.54, 1.807) is 10.8 Å². The van der Waals surface area contributed by atoms with Crippen LogP contribution in [0.5, 0.6) is 0 Å². The van der Waals surface area contributed by atoms with Gasteiger partial charge in [0.15, 0.2) is 12.3 Å². The Labute approximate surface area is 95.3 Å². The van der Waals surface area contributed by atoms with Crippen molar-refractivity contribution in [2.75, 3.05) is 6.54 Å². The van der Waals surface area contributed by atoms with Gasteiger partial charge in [-0.3, -0.25) is 0 Å². The molecule has 1 rings (SSSR count). The smallest absolute Gasteiger partial charge is 0.192 e. The Morgan fingerprint density at radius 2 is 2.25 bits per heavy atom. The zero-order valence-electron chi connectivity index (χ0n) is 9.30. The van der Waals surface area contributed by atoms with E-state index in [1.807, 2.05) is 12.2 Å². The second-order valence-electron chi connectivity index (χ2n) is 3.89. The van der Waals surface area contributed by atoms with Crippen LogP contribution in [0, 0.1) is 0 Å². The molecule has 1 saturated heterocycles. The Kier molecular flexibility index (Phi) is 5.46. The van der Waals surface area contributed by atoms with Crippen LogP contribution in [-0.4, -0.2) is 35.6 Å². The molecule has 0 aromatic rings. The molecule has 0 unspecified atom stereocenters. The Hall–Kier alpha value is -1.45. The number of rotatable bonds is 6. The van der Waals surface area contributed by atoms with Gasteiger partial charge in [0, 0.05) is 19.3 Å². The van der Waals surface area contributed by atoms with Crippen LogP contribution < -0.4 is 5.11 Å². The third-order valence-electron chi connectivity index (χ3n) is 2.67. The van der Waals surface area contributed by atoms with Crippen LogP contribution in [0.4, 0.5) is 0 Å². The summed E-state index contributed by atoms with van der Waals surface area (Å²) in [6.45, 7) is 0.775. The van der Waals surface area contributed by atoms with Crippen molar-refractivity contribution in [3.05, 3.63) is 12.2 Å². The molecule has 0 aliphatic carbocycles. The number of allylic oxidation sites excluding steroid dienone is 2. The van der Waals surface area contributed by atoms with Gasteiger partial charge in [-0.1, -0.05) is 6.08 Å². The van der Waals surface area contributed by atoms with E-state index in [0.717, 1.165) is 32.1 Å². The first kappa shape index (κ1) is 12.6.